The smallest absolute Gasteiger partial charge is 0.340 e. The number of aryl methyl sites for hydroxylation is 1. The van der Waals surface area contributed by atoms with Crippen molar-refractivity contribution in [2.75, 3.05) is 18.5 Å². The van der Waals surface area contributed by atoms with Crippen molar-refractivity contribution in [3.8, 4) is 0 Å². The van der Waals surface area contributed by atoms with Gasteiger partial charge in [-0.25, -0.2) is 9.59 Å². The standard InChI is InChI=1S/C22H26N2O4/c1-3-4-15-28-21(26)18-7-5-6-8-19(18)24-22(27)23-14-13-20(25)17-11-9-16(2)10-12-17/h5-12H,3-4,13-15H2,1-2H3,(H2,23,24,27). The van der Waals surface area contributed by atoms with Crippen molar-refractivity contribution < 1.29 is 19.1 Å². The molecule has 0 atom stereocenters. The number of anilines is 1. The van der Waals surface area contributed by atoms with Crippen LogP contribution in [0.5, 0.6) is 0 Å². The van der Waals surface area contributed by atoms with Gasteiger partial charge in [0, 0.05) is 18.5 Å². The minimum absolute atomic E-state index is 0.0415. The SMILES string of the molecule is CCCCOC(=O)c1ccccc1NC(=O)NCCC(=O)c1ccc(C)cc1. The van der Waals surface area contributed by atoms with E-state index in [1.54, 1.807) is 36.4 Å². The van der Waals surface area contributed by atoms with E-state index in [0.717, 1.165) is 18.4 Å². The van der Waals surface area contributed by atoms with Crippen LogP contribution < -0.4 is 10.6 Å². The molecule has 2 aromatic carbocycles. The quantitative estimate of drug-likeness (QED) is 0.384. The molecule has 0 radical (unpaired) electrons. The van der Waals surface area contributed by atoms with Gasteiger partial charge in [-0.3, -0.25) is 4.79 Å². The average Bonchev–Trinajstić information content (AvgIpc) is 2.69. The molecule has 148 valence electrons. The molecule has 0 unspecified atom stereocenters. The number of rotatable bonds is 9. The van der Waals surface area contributed by atoms with Crippen LogP contribution in [0.15, 0.2) is 48.5 Å². The molecule has 6 heteroatoms. The number of hydrogen-bond acceptors (Lipinski definition) is 4. The maximum absolute atomic E-state index is 12.2. The molecule has 0 heterocycles. The Morgan fingerprint density at radius 1 is 1.00 bits per heavy atom. The molecule has 6 nitrogen and oxygen atoms in total. The first-order valence-corrected chi connectivity index (χ1v) is 9.42. The predicted octanol–water partition coefficient (Wildman–Crippen LogP) is 4.35. The third-order valence-corrected chi connectivity index (χ3v) is 4.14. The summed E-state index contributed by atoms with van der Waals surface area (Å²) in [5.41, 5.74) is 2.37. The van der Waals surface area contributed by atoms with Crippen LogP contribution in [0, 0.1) is 6.92 Å². The van der Waals surface area contributed by atoms with Crippen molar-refractivity contribution in [2.45, 2.75) is 33.1 Å². The summed E-state index contributed by atoms with van der Waals surface area (Å²) in [7, 11) is 0. The van der Waals surface area contributed by atoms with Crippen molar-refractivity contribution >= 4 is 23.5 Å². The Kier molecular flexibility index (Phi) is 8.21. The maximum Gasteiger partial charge on any atom is 0.340 e. The van der Waals surface area contributed by atoms with E-state index in [0.29, 0.717) is 23.4 Å². The van der Waals surface area contributed by atoms with Crippen molar-refractivity contribution in [3.63, 3.8) is 0 Å². The van der Waals surface area contributed by atoms with Crippen LogP contribution in [0.2, 0.25) is 0 Å². The first-order chi connectivity index (χ1) is 13.5. The van der Waals surface area contributed by atoms with E-state index in [9.17, 15) is 14.4 Å². The summed E-state index contributed by atoms with van der Waals surface area (Å²) in [4.78, 5) is 36.4. The van der Waals surface area contributed by atoms with Crippen molar-refractivity contribution in [2.24, 2.45) is 0 Å². The number of hydrogen-bond donors (Lipinski definition) is 2. The number of esters is 1. The Balaban J connectivity index is 1.85. The fraction of sp³-hybridized carbons (Fsp3) is 0.318. The Morgan fingerprint density at radius 3 is 2.43 bits per heavy atom. The molecule has 0 aliphatic rings. The van der Waals surface area contributed by atoms with Crippen LogP contribution in [0.3, 0.4) is 0 Å². The van der Waals surface area contributed by atoms with Gasteiger partial charge in [0.15, 0.2) is 5.78 Å². The summed E-state index contributed by atoms with van der Waals surface area (Å²) in [5, 5.41) is 5.28. The number of carbonyl (C=O) groups excluding carboxylic acids is 3. The fourth-order valence-electron chi connectivity index (χ4n) is 2.50. The van der Waals surface area contributed by atoms with Gasteiger partial charge < -0.3 is 15.4 Å². The van der Waals surface area contributed by atoms with Crippen LogP contribution in [0.4, 0.5) is 10.5 Å². The highest BCUT2D eigenvalue weighted by molar-refractivity contribution is 6.01. The van der Waals surface area contributed by atoms with Crippen LogP contribution in [0.25, 0.3) is 0 Å². The second-order valence-electron chi connectivity index (χ2n) is 6.46. The Bertz CT molecular complexity index is 816. The van der Waals surface area contributed by atoms with Gasteiger partial charge in [-0.1, -0.05) is 55.3 Å². The monoisotopic (exact) mass is 382 g/mol. The zero-order chi connectivity index (χ0) is 20.4. The lowest BCUT2D eigenvalue weighted by Crippen LogP contribution is -2.31. The number of amides is 2. The van der Waals surface area contributed by atoms with Crippen LogP contribution >= 0.6 is 0 Å². The molecular formula is C22H26N2O4. The summed E-state index contributed by atoms with van der Waals surface area (Å²) in [6.07, 6.45) is 1.91. The zero-order valence-electron chi connectivity index (χ0n) is 16.3. The second kappa shape index (κ2) is 10.9. The van der Waals surface area contributed by atoms with E-state index in [2.05, 4.69) is 10.6 Å². The fourth-order valence-corrected chi connectivity index (χ4v) is 2.50. The number of urea groups is 1. The molecule has 28 heavy (non-hydrogen) atoms. The van der Waals surface area contributed by atoms with E-state index in [4.69, 9.17) is 4.74 Å². The molecule has 0 aliphatic carbocycles. The van der Waals surface area contributed by atoms with Crippen LogP contribution in [-0.4, -0.2) is 30.9 Å². The predicted molar refractivity (Wildman–Crippen MR) is 109 cm³/mol. The van der Waals surface area contributed by atoms with Crippen molar-refractivity contribution in [1.82, 2.24) is 5.32 Å². The molecule has 0 fully saturated rings. The summed E-state index contributed by atoms with van der Waals surface area (Å²) in [6, 6.07) is 13.5. The highest BCUT2D eigenvalue weighted by atomic mass is 16.5. The summed E-state index contributed by atoms with van der Waals surface area (Å²) in [6.45, 7) is 4.51. The molecule has 0 spiro atoms. The summed E-state index contributed by atoms with van der Waals surface area (Å²) >= 11 is 0. The molecular weight excluding hydrogens is 356 g/mol. The summed E-state index contributed by atoms with van der Waals surface area (Å²) in [5.74, 6) is -0.515. The van der Waals surface area contributed by atoms with Gasteiger partial charge in [-0.15, -0.1) is 0 Å². The van der Waals surface area contributed by atoms with Crippen molar-refractivity contribution in [3.05, 3.63) is 65.2 Å². The molecule has 2 N–H and O–H groups in total. The lowest BCUT2D eigenvalue weighted by atomic mass is 10.1. The number of unbranched alkanes of at least 4 members (excludes halogenated alkanes) is 1. The Morgan fingerprint density at radius 2 is 1.71 bits per heavy atom. The zero-order valence-corrected chi connectivity index (χ0v) is 16.3. The highest BCUT2D eigenvalue weighted by Crippen LogP contribution is 2.16. The third-order valence-electron chi connectivity index (χ3n) is 4.14. The normalized spacial score (nSPS) is 10.2. The van der Waals surface area contributed by atoms with E-state index in [-0.39, 0.29) is 18.7 Å². The Hall–Kier alpha value is -3.15. The lowest BCUT2D eigenvalue weighted by molar-refractivity contribution is 0.0501. The molecule has 2 amide bonds. The molecule has 0 aliphatic heterocycles. The number of ketones is 1. The number of para-hydroxylation sites is 1. The maximum atomic E-state index is 12.2. The first-order valence-electron chi connectivity index (χ1n) is 9.42. The van der Waals surface area contributed by atoms with Gasteiger partial charge in [-0.2, -0.15) is 0 Å². The Labute approximate surface area is 165 Å². The first kappa shape index (κ1) is 21.2. The van der Waals surface area contributed by atoms with Crippen LogP contribution in [0.1, 0.15) is 52.5 Å². The average molecular weight is 382 g/mol. The number of benzene rings is 2. The molecule has 2 aromatic rings. The highest BCUT2D eigenvalue weighted by Gasteiger charge is 2.14. The second-order valence-corrected chi connectivity index (χ2v) is 6.46. The topological polar surface area (TPSA) is 84.5 Å². The number of Topliss-reactive ketones (excluding diaryl/α,β-unsaturated/α-hetero) is 1. The minimum Gasteiger partial charge on any atom is -0.462 e. The van der Waals surface area contributed by atoms with Gasteiger partial charge in [0.2, 0.25) is 0 Å². The van der Waals surface area contributed by atoms with E-state index in [1.807, 2.05) is 26.0 Å². The third kappa shape index (κ3) is 6.54. The molecule has 0 bridgehead atoms. The minimum atomic E-state index is -0.481. The van der Waals surface area contributed by atoms with Gasteiger partial charge >= 0.3 is 12.0 Å². The molecule has 0 saturated carbocycles. The number of ether oxygens (including phenoxy) is 1. The number of nitrogens with one attached hydrogen (secondary N) is 2. The van der Waals surface area contributed by atoms with Gasteiger partial charge in [0.1, 0.15) is 0 Å². The van der Waals surface area contributed by atoms with E-state index in [1.165, 1.54) is 0 Å². The largest absolute Gasteiger partial charge is 0.462 e. The lowest BCUT2D eigenvalue weighted by Gasteiger charge is -2.11. The molecule has 2 rings (SSSR count). The van der Waals surface area contributed by atoms with Crippen LogP contribution in [-0.2, 0) is 4.74 Å². The molecule has 0 aromatic heterocycles. The number of carbonyl (C=O) groups is 3. The molecule has 0 saturated heterocycles. The van der Waals surface area contributed by atoms with Gasteiger partial charge in [-0.05, 0) is 25.5 Å². The van der Waals surface area contributed by atoms with Gasteiger partial charge in [0.05, 0.1) is 17.9 Å². The van der Waals surface area contributed by atoms with Crippen molar-refractivity contribution in [1.29, 1.82) is 0 Å². The van der Waals surface area contributed by atoms with E-state index < -0.39 is 12.0 Å². The summed E-state index contributed by atoms with van der Waals surface area (Å²) < 4.78 is 5.21. The van der Waals surface area contributed by atoms with E-state index >= 15 is 0 Å². The van der Waals surface area contributed by atoms with Gasteiger partial charge in [0.25, 0.3) is 0 Å².